The lowest BCUT2D eigenvalue weighted by Crippen LogP contribution is -2.32. The number of nitrogens with zero attached hydrogens (tertiary/aromatic N) is 1. The van der Waals surface area contributed by atoms with E-state index in [0.717, 1.165) is 11.1 Å². The highest BCUT2D eigenvalue weighted by Gasteiger charge is 2.42. The highest BCUT2D eigenvalue weighted by molar-refractivity contribution is 6.14. The second kappa shape index (κ2) is 11.5. The van der Waals surface area contributed by atoms with E-state index in [-0.39, 0.29) is 11.7 Å². The minimum Gasteiger partial charge on any atom is -0.503 e. The Morgan fingerprint density at radius 3 is 2.45 bits per heavy atom. The summed E-state index contributed by atoms with van der Waals surface area (Å²) < 4.78 is 11.1. The molecule has 0 bridgehead atoms. The number of carbonyl (C=O) groups excluding carboxylic acids is 2. The molecule has 0 aliphatic carbocycles. The standard InChI is InChI=1S/C27H31NO5/c1-4-32-22-14-12-21(13-15-22)25-24(23(29)16-11-20-9-6-5-7-10-20)26(30)27(31)28(25)17-8-18-33-19(2)3/h5-7,9-16,19,25,30H,4,8,17-18H2,1-3H3/b16-11+/t25-/m1/s1. The van der Waals surface area contributed by atoms with E-state index >= 15 is 0 Å². The Hall–Kier alpha value is -3.38. The van der Waals surface area contributed by atoms with Crippen LogP contribution in [0.2, 0.25) is 0 Å². The Morgan fingerprint density at radius 2 is 1.82 bits per heavy atom. The summed E-state index contributed by atoms with van der Waals surface area (Å²) in [6.45, 7) is 7.18. The van der Waals surface area contributed by atoms with Gasteiger partial charge in [0.15, 0.2) is 11.5 Å². The molecule has 2 aromatic rings. The van der Waals surface area contributed by atoms with E-state index in [0.29, 0.717) is 31.9 Å². The number of benzene rings is 2. The van der Waals surface area contributed by atoms with Gasteiger partial charge in [-0.05, 0) is 56.5 Å². The largest absolute Gasteiger partial charge is 0.503 e. The maximum absolute atomic E-state index is 13.2. The minimum atomic E-state index is -0.680. The van der Waals surface area contributed by atoms with Gasteiger partial charge >= 0.3 is 0 Å². The van der Waals surface area contributed by atoms with E-state index in [2.05, 4.69) is 0 Å². The van der Waals surface area contributed by atoms with E-state index in [9.17, 15) is 14.7 Å². The van der Waals surface area contributed by atoms with Crippen LogP contribution >= 0.6 is 0 Å². The van der Waals surface area contributed by atoms with Crippen LogP contribution < -0.4 is 4.74 Å². The van der Waals surface area contributed by atoms with E-state index in [1.165, 1.54) is 11.0 Å². The van der Waals surface area contributed by atoms with Gasteiger partial charge < -0.3 is 19.5 Å². The van der Waals surface area contributed by atoms with Crippen LogP contribution in [0, 0.1) is 0 Å². The van der Waals surface area contributed by atoms with E-state index < -0.39 is 23.5 Å². The summed E-state index contributed by atoms with van der Waals surface area (Å²) in [6.07, 6.45) is 3.77. The number of allylic oxidation sites excluding steroid dienone is 1. The number of amides is 1. The van der Waals surface area contributed by atoms with Crippen LogP contribution in [0.5, 0.6) is 5.75 Å². The van der Waals surface area contributed by atoms with Gasteiger partial charge in [0, 0.05) is 13.2 Å². The lowest BCUT2D eigenvalue weighted by atomic mass is 9.95. The summed E-state index contributed by atoms with van der Waals surface area (Å²) in [4.78, 5) is 27.7. The van der Waals surface area contributed by atoms with Crippen molar-refractivity contribution in [3.8, 4) is 5.75 Å². The van der Waals surface area contributed by atoms with E-state index in [1.54, 1.807) is 18.2 Å². The van der Waals surface area contributed by atoms with Gasteiger partial charge in [-0.25, -0.2) is 0 Å². The van der Waals surface area contributed by atoms with Crippen molar-refractivity contribution in [1.29, 1.82) is 0 Å². The third-order valence-electron chi connectivity index (χ3n) is 5.30. The number of carbonyl (C=O) groups is 2. The summed E-state index contributed by atoms with van der Waals surface area (Å²) in [6, 6.07) is 16.0. The average Bonchev–Trinajstić information content (AvgIpc) is 3.06. The molecule has 6 nitrogen and oxygen atoms in total. The lowest BCUT2D eigenvalue weighted by molar-refractivity contribution is -0.129. The van der Waals surface area contributed by atoms with Crippen molar-refractivity contribution in [1.82, 2.24) is 4.90 Å². The molecule has 0 radical (unpaired) electrons. The van der Waals surface area contributed by atoms with Crippen molar-refractivity contribution < 1.29 is 24.2 Å². The molecule has 33 heavy (non-hydrogen) atoms. The molecule has 174 valence electrons. The van der Waals surface area contributed by atoms with Gasteiger partial charge in [-0.2, -0.15) is 0 Å². The fraction of sp³-hybridized carbons (Fsp3) is 0.333. The highest BCUT2D eigenvalue weighted by atomic mass is 16.5. The topological polar surface area (TPSA) is 76.1 Å². The summed E-state index contributed by atoms with van der Waals surface area (Å²) >= 11 is 0. The molecule has 3 rings (SSSR count). The molecule has 0 aromatic heterocycles. The molecule has 6 heteroatoms. The van der Waals surface area contributed by atoms with Crippen molar-refractivity contribution in [2.45, 2.75) is 39.3 Å². The second-order valence-electron chi connectivity index (χ2n) is 8.05. The molecule has 0 saturated carbocycles. The first kappa shape index (κ1) is 24.3. The third-order valence-corrected chi connectivity index (χ3v) is 5.30. The number of ketones is 1. The van der Waals surface area contributed by atoms with Crippen LogP contribution in [-0.2, 0) is 14.3 Å². The van der Waals surface area contributed by atoms with Crippen LogP contribution in [0.1, 0.15) is 44.4 Å². The summed E-state index contributed by atoms with van der Waals surface area (Å²) in [5, 5.41) is 10.7. The first-order chi connectivity index (χ1) is 15.9. The SMILES string of the molecule is CCOc1ccc([C@@H]2C(C(=O)/C=C/c3ccccc3)=C(O)C(=O)N2CCCOC(C)C)cc1. The summed E-state index contributed by atoms with van der Waals surface area (Å²) in [7, 11) is 0. The van der Waals surface area contributed by atoms with Gasteiger partial charge in [0.05, 0.1) is 24.3 Å². The Balaban J connectivity index is 1.89. The Kier molecular flexibility index (Phi) is 8.44. The normalized spacial score (nSPS) is 16.3. The zero-order valence-electron chi connectivity index (χ0n) is 19.4. The first-order valence-electron chi connectivity index (χ1n) is 11.3. The van der Waals surface area contributed by atoms with Crippen LogP contribution in [0.4, 0.5) is 0 Å². The van der Waals surface area contributed by atoms with Crippen LogP contribution in [0.3, 0.4) is 0 Å². The minimum absolute atomic E-state index is 0.0844. The van der Waals surface area contributed by atoms with Gasteiger partial charge in [-0.15, -0.1) is 0 Å². The number of aliphatic hydroxyl groups excluding tert-OH is 1. The molecule has 0 saturated heterocycles. The molecule has 1 amide bonds. The quantitative estimate of drug-likeness (QED) is 0.391. The molecular weight excluding hydrogens is 418 g/mol. The fourth-order valence-electron chi connectivity index (χ4n) is 3.78. The highest BCUT2D eigenvalue weighted by Crippen LogP contribution is 2.38. The number of hydrogen-bond donors (Lipinski definition) is 1. The molecule has 0 fully saturated rings. The maximum Gasteiger partial charge on any atom is 0.290 e. The predicted octanol–water partition coefficient (Wildman–Crippen LogP) is 4.88. The Morgan fingerprint density at radius 1 is 1.12 bits per heavy atom. The van der Waals surface area contributed by atoms with E-state index in [4.69, 9.17) is 9.47 Å². The Bertz CT molecular complexity index is 1010. The molecule has 1 heterocycles. The molecule has 0 spiro atoms. The number of hydrogen-bond acceptors (Lipinski definition) is 5. The maximum atomic E-state index is 13.2. The van der Waals surface area contributed by atoms with Crippen molar-refractivity contribution in [3.63, 3.8) is 0 Å². The predicted molar refractivity (Wildman–Crippen MR) is 128 cm³/mol. The molecule has 0 unspecified atom stereocenters. The first-order valence-corrected chi connectivity index (χ1v) is 11.3. The zero-order chi connectivity index (χ0) is 23.8. The smallest absolute Gasteiger partial charge is 0.290 e. The molecule has 1 N–H and O–H groups in total. The van der Waals surface area contributed by atoms with Gasteiger partial charge in [-0.1, -0.05) is 48.5 Å². The number of aliphatic hydroxyl groups is 1. The number of rotatable bonds is 11. The van der Waals surface area contributed by atoms with Gasteiger partial charge in [0.25, 0.3) is 5.91 Å². The summed E-state index contributed by atoms with van der Waals surface area (Å²) in [5.41, 5.74) is 1.67. The van der Waals surface area contributed by atoms with Crippen LogP contribution in [0.15, 0.2) is 72.0 Å². The Labute approximate surface area is 195 Å². The van der Waals surface area contributed by atoms with Crippen LogP contribution in [0.25, 0.3) is 6.08 Å². The molecular formula is C27H31NO5. The number of ether oxygens (including phenoxy) is 2. The molecule has 1 aliphatic rings. The van der Waals surface area contributed by atoms with Crippen LogP contribution in [-0.4, -0.2) is 47.6 Å². The third kappa shape index (κ3) is 6.11. The lowest BCUT2D eigenvalue weighted by Gasteiger charge is -2.27. The fourth-order valence-corrected chi connectivity index (χ4v) is 3.78. The molecule has 1 atom stereocenters. The monoisotopic (exact) mass is 449 g/mol. The van der Waals surface area contributed by atoms with Gasteiger partial charge in [0.2, 0.25) is 0 Å². The average molecular weight is 450 g/mol. The van der Waals surface area contributed by atoms with Crippen molar-refractivity contribution in [2.24, 2.45) is 0 Å². The molecule has 1 aliphatic heterocycles. The van der Waals surface area contributed by atoms with E-state index in [1.807, 2.05) is 63.2 Å². The van der Waals surface area contributed by atoms with Gasteiger partial charge in [0.1, 0.15) is 5.75 Å². The van der Waals surface area contributed by atoms with Gasteiger partial charge in [-0.3, -0.25) is 9.59 Å². The van der Waals surface area contributed by atoms with Crippen molar-refractivity contribution >= 4 is 17.8 Å². The zero-order valence-corrected chi connectivity index (χ0v) is 19.4. The van der Waals surface area contributed by atoms with Crippen molar-refractivity contribution in [3.05, 3.63) is 83.1 Å². The summed E-state index contributed by atoms with van der Waals surface area (Å²) in [5.74, 6) is -0.742. The van der Waals surface area contributed by atoms with Crippen molar-refractivity contribution in [2.75, 3.05) is 19.8 Å². The molecule has 2 aromatic carbocycles. The second-order valence-corrected chi connectivity index (χ2v) is 8.05.